The van der Waals surface area contributed by atoms with Crippen molar-refractivity contribution in [3.63, 3.8) is 0 Å². The molecule has 0 radical (unpaired) electrons. The largest absolute Gasteiger partial charge is 0.458 e. The van der Waals surface area contributed by atoms with Crippen LogP contribution in [0.1, 0.15) is 86.5 Å². The summed E-state index contributed by atoms with van der Waals surface area (Å²) in [6.45, 7) is 15.1. The van der Waals surface area contributed by atoms with Gasteiger partial charge in [0.15, 0.2) is 6.54 Å². The van der Waals surface area contributed by atoms with Crippen LogP contribution in [0.25, 0.3) is 0 Å². The third-order valence-electron chi connectivity index (χ3n) is 11.6. The number of rotatable bonds is 7. The van der Waals surface area contributed by atoms with E-state index in [0.29, 0.717) is 35.3 Å². The maximum atomic E-state index is 12.8. The average Bonchev–Trinajstić information content (AvgIpc) is 3.18. The van der Waals surface area contributed by atoms with E-state index in [0.717, 1.165) is 25.2 Å². The van der Waals surface area contributed by atoms with E-state index in [2.05, 4.69) is 46.9 Å². The van der Waals surface area contributed by atoms with Crippen molar-refractivity contribution < 1.29 is 18.8 Å². The summed E-state index contributed by atoms with van der Waals surface area (Å²) in [5, 5.41) is 3.36. The number of hydrogen-bond acceptors (Lipinski definition) is 3. The van der Waals surface area contributed by atoms with Gasteiger partial charge in [0, 0.05) is 11.5 Å². The summed E-state index contributed by atoms with van der Waals surface area (Å²) in [7, 11) is 4.06. The van der Waals surface area contributed by atoms with Crippen molar-refractivity contribution in [3.05, 3.63) is 0 Å². The molecule has 0 aromatic heterocycles. The van der Waals surface area contributed by atoms with E-state index in [9.17, 15) is 9.59 Å². The van der Waals surface area contributed by atoms with Gasteiger partial charge < -0.3 is 14.5 Å². The Morgan fingerprint density at radius 1 is 0.906 bits per heavy atom. The topological polar surface area (TPSA) is 55.4 Å². The second kappa shape index (κ2) is 7.45. The molecule has 4 fully saturated rings. The molecule has 0 aliphatic heterocycles. The first-order valence-electron chi connectivity index (χ1n) is 12.9. The Morgan fingerprint density at radius 2 is 1.47 bits per heavy atom. The van der Waals surface area contributed by atoms with Crippen LogP contribution in [0, 0.1) is 33.5 Å². The number of nitrogens with zero attached hydrogens (tertiary/aromatic N) is 1. The van der Waals surface area contributed by atoms with Crippen LogP contribution in [0.2, 0.25) is 0 Å². The molecular formula is C27H47N2O3+. The summed E-state index contributed by atoms with van der Waals surface area (Å²) in [6.07, 6.45) is 7.51. The Balaban J connectivity index is 1.25. The number of fused-ring (bicyclic) bond motifs is 4. The molecular weight excluding hydrogens is 400 g/mol. The first-order chi connectivity index (χ1) is 14.6. The normalized spacial score (nSPS) is 41.1. The Morgan fingerprint density at radius 3 is 1.94 bits per heavy atom. The van der Waals surface area contributed by atoms with Crippen LogP contribution in [0.15, 0.2) is 0 Å². The maximum Gasteiger partial charge on any atom is 0.362 e. The lowest BCUT2D eigenvalue weighted by Gasteiger charge is -2.39. The third-order valence-corrected chi connectivity index (χ3v) is 11.6. The van der Waals surface area contributed by atoms with Crippen LogP contribution in [-0.2, 0) is 14.3 Å². The standard InChI is InChI=1S/C27H46N2O3/c1-24(2)18-9-12-26(24,5)20(15-18)28-22(30)11-14-29(7,8)17-23(31)32-21-16-19-10-13-27(21,6)25(19,3)4/h18-21H,9-17H2,1-8H3/p+1. The highest BCUT2D eigenvalue weighted by molar-refractivity contribution is 5.76. The number of quaternary nitrogens is 1. The smallest absolute Gasteiger partial charge is 0.362 e. The van der Waals surface area contributed by atoms with Crippen LogP contribution in [0.3, 0.4) is 0 Å². The molecule has 4 bridgehead atoms. The predicted molar refractivity (Wildman–Crippen MR) is 127 cm³/mol. The summed E-state index contributed by atoms with van der Waals surface area (Å²) >= 11 is 0. The Hall–Kier alpha value is -1.10. The van der Waals surface area contributed by atoms with Crippen molar-refractivity contribution in [1.29, 1.82) is 0 Å². The van der Waals surface area contributed by atoms with E-state index < -0.39 is 0 Å². The maximum absolute atomic E-state index is 12.8. The number of ether oxygens (including phenoxy) is 1. The lowest BCUT2D eigenvalue weighted by Crippen LogP contribution is -2.50. The molecule has 4 aliphatic carbocycles. The Bertz CT molecular complexity index is 788. The van der Waals surface area contributed by atoms with Gasteiger partial charge in [-0.2, -0.15) is 0 Å². The fourth-order valence-electron chi connectivity index (χ4n) is 8.03. The zero-order valence-corrected chi connectivity index (χ0v) is 21.8. The van der Waals surface area contributed by atoms with Gasteiger partial charge in [-0.1, -0.05) is 41.5 Å². The molecule has 0 heterocycles. The van der Waals surface area contributed by atoms with Gasteiger partial charge in [-0.05, 0) is 66.6 Å². The number of hydrogen-bond donors (Lipinski definition) is 1. The molecule has 6 atom stereocenters. The van der Waals surface area contributed by atoms with Gasteiger partial charge in [0.1, 0.15) is 6.10 Å². The number of nitrogens with one attached hydrogen (secondary N) is 1. The van der Waals surface area contributed by atoms with Gasteiger partial charge >= 0.3 is 5.97 Å². The molecule has 0 aromatic carbocycles. The van der Waals surface area contributed by atoms with Crippen molar-refractivity contribution >= 4 is 11.9 Å². The molecule has 182 valence electrons. The fourth-order valence-corrected chi connectivity index (χ4v) is 8.03. The molecule has 4 rings (SSSR count). The minimum absolute atomic E-state index is 0.0361. The molecule has 1 amide bonds. The Kier molecular flexibility index (Phi) is 5.60. The number of esters is 1. The minimum Gasteiger partial charge on any atom is -0.458 e. The molecule has 4 aliphatic rings. The van der Waals surface area contributed by atoms with Crippen LogP contribution in [-0.4, -0.2) is 55.7 Å². The number of likely N-dealkylation sites (N-methyl/N-ethyl adjacent to an activating group) is 1. The molecule has 0 spiro atoms. The van der Waals surface area contributed by atoms with Gasteiger partial charge in [0.25, 0.3) is 0 Å². The van der Waals surface area contributed by atoms with Crippen LogP contribution in [0.4, 0.5) is 0 Å². The molecule has 5 heteroatoms. The van der Waals surface area contributed by atoms with Gasteiger partial charge in [-0.3, -0.25) is 4.79 Å². The fraction of sp³-hybridized carbons (Fsp3) is 0.926. The molecule has 0 aromatic rings. The van der Waals surface area contributed by atoms with Crippen molar-refractivity contribution in [2.75, 3.05) is 27.2 Å². The lowest BCUT2D eigenvalue weighted by atomic mass is 9.69. The summed E-state index contributed by atoms with van der Waals surface area (Å²) < 4.78 is 6.53. The summed E-state index contributed by atoms with van der Waals surface area (Å²) in [5.41, 5.74) is 0.835. The highest BCUT2D eigenvalue weighted by Crippen LogP contribution is 2.66. The summed E-state index contributed by atoms with van der Waals surface area (Å²) in [6, 6.07) is 0.284. The van der Waals surface area contributed by atoms with Crippen molar-refractivity contribution in [2.24, 2.45) is 33.5 Å². The highest BCUT2D eigenvalue weighted by atomic mass is 16.5. The summed E-state index contributed by atoms with van der Waals surface area (Å²) in [4.78, 5) is 25.6. The predicted octanol–water partition coefficient (Wildman–Crippen LogP) is 4.54. The van der Waals surface area contributed by atoms with Gasteiger partial charge in [-0.15, -0.1) is 0 Å². The van der Waals surface area contributed by atoms with Crippen LogP contribution >= 0.6 is 0 Å². The van der Waals surface area contributed by atoms with Crippen molar-refractivity contribution in [2.45, 2.75) is 98.6 Å². The van der Waals surface area contributed by atoms with Gasteiger partial charge in [-0.25, -0.2) is 4.79 Å². The number of amides is 1. The Labute approximate surface area is 195 Å². The SMILES string of the molecule is CC1(C)C2CCC1(C)C(NC(=O)CC[N+](C)(C)CC(=O)OC1CC3CCC1(C)C3(C)C)C2. The van der Waals surface area contributed by atoms with Crippen molar-refractivity contribution in [1.82, 2.24) is 5.32 Å². The van der Waals surface area contributed by atoms with E-state index in [4.69, 9.17) is 4.74 Å². The minimum atomic E-state index is -0.118. The second-order valence-corrected chi connectivity index (χ2v) is 13.9. The molecule has 4 saturated carbocycles. The quantitative estimate of drug-likeness (QED) is 0.460. The molecule has 1 N–H and O–H groups in total. The van der Waals surface area contributed by atoms with E-state index in [-0.39, 0.29) is 40.3 Å². The van der Waals surface area contributed by atoms with E-state index >= 15 is 0 Å². The second-order valence-electron chi connectivity index (χ2n) is 13.9. The number of carbonyl (C=O) groups excluding carboxylic acids is 2. The van der Waals surface area contributed by atoms with Gasteiger partial charge in [0.05, 0.1) is 27.1 Å². The molecule has 32 heavy (non-hydrogen) atoms. The average molecular weight is 448 g/mol. The van der Waals surface area contributed by atoms with Gasteiger partial charge in [0.2, 0.25) is 5.91 Å². The molecule has 6 unspecified atom stereocenters. The zero-order valence-electron chi connectivity index (χ0n) is 21.8. The lowest BCUT2D eigenvalue weighted by molar-refractivity contribution is -0.882. The number of carbonyl (C=O) groups is 2. The highest BCUT2D eigenvalue weighted by Gasteiger charge is 2.63. The van der Waals surface area contributed by atoms with Crippen LogP contribution < -0.4 is 5.32 Å². The summed E-state index contributed by atoms with van der Waals surface area (Å²) in [5.74, 6) is 1.39. The molecule has 5 nitrogen and oxygen atoms in total. The zero-order chi connectivity index (χ0) is 23.7. The van der Waals surface area contributed by atoms with E-state index in [1.165, 1.54) is 19.3 Å². The third kappa shape index (κ3) is 3.52. The van der Waals surface area contributed by atoms with E-state index in [1.807, 2.05) is 14.1 Å². The monoisotopic (exact) mass is 447 g/mol. The first kappa shape index (κ1) is 24.0. The first-order valence-corrected chi connectivity index (χ1v) is 12.9. The van der Waals surface area contributed by atoms with Crippen molar-refractivity contribution in [3.8, 4) is 0 Å². The van der Waals surface area contributed by atoms with Crippen LogP contribution in [0.5, 0.6) is 0 Å². The molecule has 0 saturated heterocycles. The van der Waals surface area contributed by atoms with E-state index in [1.54, 1.807) is 0 Å².